The van der Waals surface area contributed by atoms with Crippen LogP contribution in [-0.2, 0) is 11.2 Å². The highest BCUT2D eigenvalue weighted by atomic mass is 32.2. The van der Waals surface area contributed by atoms with Gasteiger partial charge in [-0.1, -0.05) is 24.8 Å². The van der Waals surface area contributed by atoms with E-state index in [1.54, 1.807) is 6.92 Å². The number of hydrogen-bond acceptors (Lipinski definition) is 4. The van der Waals surface area contributed by atoms with Gasteiger partial charge in [0.2, 0.25) is 5.91 Å². The van der Waals surface area contributed by atoms with Gasteiger partial charge in [0.25, 0.3) is 5.56 Å². The minimum absolute atomic E-state index is 0.283. The van der Waals surface area contributed by atoms with Crippen LogP contribution in [0.4, 0.5) is 14.5 Å². The molecule has 5 nitrogen and oxygen atoms in total. The Morgan fingerprint density at radius 2 is 2.04 bits per heavy atom. The van der Waals surface area contributed by atoms with Crippen molar-refractivity contribution < 1.29 is 13.6 Å². The summed E-state index contributed by atoms with van der Waals surface area (Å²) in [7, 11) is 0. The molecule has 1 atom stereocenters. The summed E-state index contributed by atoms with van der Waals surface area (Å²) in [6, 6.07) is 4.70. The number of thioether (sulfide) groups is 1. The van der Waals surface area contributed by atoms with Gasteiger partial charge in [0.1, 0.15) is 17.3 Å². The summed E-state index contributed by atoms with van der Waals surface area (Å²) in [6.45, 7) is 3.41. The lowest BCUT2D eigenvalue weighted by Gasteiger charge is -2.12. The molecular weight excluding hydrogens is 324 g/mol. The normalized spacial score (nSPS) is 12.0. The number of nitrogens with zero attached hydrogens (tertiary/aromatic N) is 1. The zero-order chi connectivity index (χ0) is 17.0. The van der Waals surface area contributed by atoms with E-state index in [-0.39, 0.29) is 10.7 Å². The second-order valence-corrected chi connectivity index (χ2v) is 6.07. The highest BCUT2D eigenvalue weighted by molar-refractivity contribution is 8.00. The average molecular weight is 339 g/mol. The number of aryl methyl sites for hydroxylation is 1. The molecule has 0 aliphatic heterocycles. The molecule has 2 N–H and O–H groups in total. The van der Waals surface area contributed by atoms with Crippen molar-refractivity contribution in [3.63, 3.8) is 0 Å². The van der Waals surface area contributed by atoms with Gasteiger partial charge in [-0.05, 0) is 25.5 Å². The fourth-order valence-corrected chi connectivity index (χ4v) is 2.61. The SMILES string of the molecule is CCc1cc(=O)[nH]c(SC(C)C(=O)Nc2c(F)cccc2F)n1. The van der Waals surface area contributed by atoms with Crippen molar-refractivity contribution in [2.45, 2.75) is 30.7 Å². The fourth-order valence-electron chi connectivity index (χ4n) is 1.78. The molecule has 23 heavy (non-hydrogen) atoms. The first kappa shape index (κ1) is 17.1. The van der Waals surface area contributed by atoms with Crippen LogP contribution in [0.15, 0.2) is 34.2 Å². The Labute approximate surface area is 135 Å². The highest BCUT2D eigenvalue weighted by Crippen LogP contribution is 2.22. The average Bonchev–Trinajstić information content (AvgIpc) is 2.50. The van der Waals surface area contributed by atoms with Crippen LogP contribution in [-0.4, -0.2) is 21.1 Å². The molecule has 1 heterocycles. The van der Waals surface area contributed by atoms with Crippen LogP contribution in [0.25, 0.3) is 0 Å². The molecule has 0 fully saturated rings. The Morgan fingerprint density at radius 3 is 2.65 bits per heavy atom. The van der Waals surface area contributed by atoms with E-state index < -0.39 is 28.5 Å². The zero-order valence-electron chi connectivity index (χ0n) is 12.5. The quantitative estimate of drug-likeness (QED) is 0.649. The van der Waals surface area contributed by atoms with Crippen molar-refractivity contribution in [2.24, 2.45) is 0 Å². The van der Waals surface area contributed by atoms with Crippen LogP contribution in [0.5, 0.6) is 0 Å². The molecular formula is C15H15F2N3O2S. The molecule has 2 rings (SSSR count). The van der Waals surface area contributed by atoms with E-state index in [4.69, 9.17) is 0 Å². The molecule has 0 saturated heterocycles. The van der Waals surface area contributed by atoms with E-state index in [9.17, 15) is 18.4 Å². The number of carbonyl (C=O) groups is 1. The number of nitrogens with one attached hydrogen (secondary N) is 2. The Bertz CT molecular complexity index is 759. The number of halogens is 2. The van der Waals surface area contributed by atoms with E-state index in [2.05, 4.69) is 15.3 Å². The molecule has 8 heteroatoms. The predicted octanol–water partition coefficient (Wildman–Crippen LogP) is 2.73. The first-order chi connectivity index (χ1) is 10.9. The summed E-state index contributed by atoms with van der Waals surface area (Å²) in [4.78, 5) is 30.3. The predicted molar refractivity (Wildman–Crippen MR) is 84.5 cm³/mol. The Kier molecular flexibility index (Phi) is 5.49. The highest BCUT2D eigenvalue weighted by Gasteiger charge is 2.19. The maximum atomic E-state index is 13.5. The fraction of sp³-hybridized carbons (Fsp3) is 0.267. The molecule has 1 amide bonds. The summed E-state index contributed by atoms with van der Waals surface area (Å²) in [5.41, 5.74) is -0.204. The number of anilines is 1. The van der Waals surface area contributed by atoms with E-state index in [0.29, 0.717) is 12.1 Å². The molecule has 0 radical (unpaired) electrons. The van der Waals surface area contributed by atoms with Crippen LogP contribution >= 0.6 is 11.8 Å². The van der Waals surface area contributed by atoms with Crippen LogP contribution in [0, 0.1) is 11.6 Å². The van der Waals surface area contributed by atoms with Gasteiger partial charge in [-0.25, -0.2) is 13.8 Å². The summed E-state index contributed by atoms with van der Waals surface area (Å²) in [5, 5.41) is 1.79. The standard InChI is InChI=1S/C15H15F2N3O2S/c1-3-9-7-12(21)19-15(18-9)23-8(2)14(22)20-13-10(16)5-4-6-11(13)17/h4-8H,3H2,1-2H3,(H,20,22)(H,18,19,21). The number of aromatic nitrogens is 2. The minimum atomic E-state index is -0.852. The molecule has 0 aliphatic rings. The van der Waals surface area contributed by atoms with Crippen LogP contribution in [0.2, 0.25) is 0 Å². The number of benzene rings is 1. The number of carbonyl (C=O) groups excluding carboxylic acids is 1. The van der Waals surface area contributed by atoms with Gasteiger partial charge < -0.3 is 10.3 Å². The third-order valence-corrected chi connectivity index (χ3v) is 3.99. The summed E-state index contributed by atoms with van der Waals surface area (Å²) >= 11 is 1.00. The van der Waals surface area contributed by atoms with Crippen LogP contribution in [0.1, 0.15) is 19.5 Å². The van der Waals surface area contributed by atoms with E-state index in [1.807, 2.05) is 6.92 Å². The smallest absolute Gasteiger partial charge is 0.251 e. The van der Waals surface area contributed by atoms with Crippen molar-refractivity contribution in [2.75, 3.05) is 5.32 Å². The molecule has 1 aromatic carbocycles. The molecule has 0 aliphatic carbocycles. The molecule has 0 saturated carbocycles. The maximum Gasteiger partial charge on any atom is 0.251 e. The molecule has 1 unspecified atom stereocenters. The van der Waals surface area contributed by atoms with E-state index in [0.717, 1.165) is 23.9 Å². The first-order valence-electron chi connectivity index (χ1n) is 6.92. The summed E-state index contributed by atoms with van der Waals surface area (Å²) < 4.78 is 27.1. The second-order valence-electron chi connectivity index (χ2n) is 4.74. The van der Waals surface area contributed by atoms with Crippen molar-refractivity contribution in [3.05, 3.63) is 51.9 Å². The topological polar surface area (TPSA) is 74.8 Å². The van der Waals surface area contributed by atoms with Crippen molar-refractivity contribution in [1.29, 1.82) is 0 Å². The number of rotatable bonds is 5. The van der Waals surface area contributed by atoms with Gasteiger partial charge in [-0.3, -0.25) is 9.59 Å². The van der Waals surface area contributed by atoms with Gasteiger partial charge in [0, 0.05) is 11.8 Å². The maximum absolute atomic E-state index is 13.5. The lowest BCUT2D eigenvalue weighted by molar-refractivity contribution is -0.115. The van der Waals surface area contributed by atoms with Gasteiger partial charge in [-0.2, -0.15) is 0 Å². The molecule has 0 spiro atoms. The first-order valence-corrected chi connectivity index (χ1v) is 7.80. The zero-order valence-corrected chi connectivity index (χ0v) is 13.3. The van der Waals surface area contributed by atoms with Gasteiger partial charge in [-0.15, -0.1) is 0 Å². The summed E-state index contributed by atoms with van der Waals surface area (Å²) in [6.07, 6.45) is 0.582. The Morgan fingerprint density at radius 1 is 1.39 bits per heavy atom. The molecule has 0 bridgehead atoms. The number of para-hydroxylation sites is 1. The number of amides is 1. The molecule has 1 aromatic heterocycles. The van der Waals surface area contributed by atoms with Gasteiger partial charge in [0.05, 0.1) is 5.25 Å². The lowest BCUT2D eigenvalue weighted by atomic mass is 10.3. The van der Waals surface area contributed by atoms with Crippen LogP contribution in [0.3, 0.4) is 0 Å². The van der Waals surface area contributed by atoms with Gasteiger partial charge in [0.15, 0.2) is 5.16 Å². The van der Waals surface area contributed by atoms with Crippen LogP contribution < -0.4 is 10.9 Å². The Balaban J connectivity index is 2.11. The largest absolute Gasteiger partial charge is 0.320 e. The van der Waals surface area contributed by atoms with Crippen molar-refractivity contribution in [1.82, 2.24) is 9.97 Å². The monoisotopic (exact) mass is 339 g/mol. The number of H-pyrrole nitrogens is 1. The lowest BCUT2D eigenvalue weighted by Crippen LogP contribution is -2.24. The third-order valence-electron chi connectivity index (χ3n) is 3.00. The Hall–Kier alpha value is -2.22. The minimum Gasteiger partial charge on any atom is -0.320 e. The molecule has 122 valence electrons. The second kappa shape index (κ2) is 7.36. The van der Waals surface area contributed by atoms with Crippen molar-refractivity contribution >= 4 is 23.4 Å². The van der Waals surface area contributed by atoms with Gasteiger partial charge >= 0.3 is 0 Å². The molecule has 2 aromatic rings. The van der Waals surface area contributed by atoms with E-state index >= 15 is 0 Å². The number of aromatic amines is 1. The number of hydrogen-bond donors (Lipinski definition) is 2. The van der Waals surface area contributed by atoms with E-state index in [1.165, 1.54) is 12.1 Å². The summed E-state index contributed by atoms with van der Waals surface area (Å²) in [5.74, 6) is -2.30. The van der Waals surface area contributed by atoms with Crippen molar-refractivity contribution in [3.8, 4) is 0 Å². The third kappa shape index (κ3) is 4.38.